The predicted molar refractivity (Wildman–Crippen MR) is 181 cm³/mol. The van der Waals surface area contributed by atoms with Crippen LogP contribution in [0.25, 0.3) is 39.3 Å². The third-order valence-electron chi connectivity index (χ3n) is 7.26. The van der Waals surface area contributed by atoms with Crippen LogP contribution in [0.5, 0.6) is 11.6 Å². The molecular weight excluding hydrogens is 643 g/mol. The summed E-state index contributed by atoms with van der Waals surface area (Å²) < 4.78 is 18.4. The van der Waals surface area contributed by atoms with Gasteiger partial charge in [-0.1, -0.05) is 41.4 Å². The van der Waals surface area contributed by atoms with Gasteiger partial charge < -0.3 is 24.2 Å². The van der Waals surface area contributed by atoms with E-state index in [0.717, 1.165) is 5.56 Å². The molecule has 5 rings (SSSR count). The molecule has 4 aromatic heterocycles. The van der Waals surface area contributed by atoms with Gasteiger partial charge in [-0.3, -0.25) is 4.98 Å². The van der Waals surface area contributed by atoms with Crippen molar-refractivity contribution in [1.82, 2.24) is 29.5 Å². The lowest BCUT2D eigenvalue weighted by Gasteiger charge is -2.30. The number of benzene rings is 1. The van der Waals surface area contributed by atoms with Crippen molar-refractivity contribution in [1.29, 1.82) is 0 Å². The van der Waals surface area contributed by atoms with E-state index < -0.39 is 11.7 Å². The van der Waals surface area contributed by atoms with Crippen molar-refractivity contribution in [2.45, 2.75) is 59.4 Å². The molecule has 0 aliphatic heterocycles. The number of nitrogens with zero attached hydrogens (tertiary/aromatic N) is 6. The SMILES string of the molecule is COc1nc(-c2cccc(-c3ccnc(-c4cc(OC)c5nc(CO)nn5c4)c3Cl)c2Cl)ccc1CN(C(=O)OC(C)(C)C)C(C)C. The highest BCUT2D eigenvalue weighted by atomic mass is 35.5. The first-order chi connectivity index (χ1) is 22.3. The summed E-state index contributed by atoms with van der Waals surface area (Å²) in [5.41, 5.74) is 4.24. The Bertz CT molecular complexity index is 1940. The average Bonchev–Trinajstić information content (AvgIpc) is 3.46. The van der Waals surface area contributed by atoms with Gasteiger partial charge in [0.25, 0.3) is 0 Å². The molecule has 0 fully saturated rings. The first kappa shape index (κ1) is 33.9. The van der Waals surface area contributed by atoms with Gasteiger partial charge in [0.1, 0.15) is 12.2 Å². The molecule has 0 aliphatic rings. The second-order valence-corrected chi connectivity index (χ2v) is 12.8. The number of amides is 1. The van der Waals surface area contributed by atoms with Crippen molar-refractivity contribution in [2.24, 2.45) is 0 Å². The zero-order valence-corrected chi connectivity index (χ0v) is 28.7. The number of aliphatic hydroxyl groups is 1. The Morgan fingerprint density at radius 1 is 1.00 bits per heavy atom. The lowest BCUT2D eigenvalue weighted by atomic mass is 10.00. The molecular formula is C34H36Cl2N6O5. The summed E-state index contributed by atoms with van der Waals surface area (Å²) in [6.07, 6.45) is 2.96. The molecule has 47 heavy (non-hydrogen) atoms. The number of carbonyl (C=O) groups is 1. The van der Waals surface area contributed by atoms with E-state index in [1.54, 1.807) is 29.4 Å². The Morgan fingerprint density at radius 2 is 1.72 bits per heavy atom. The summed E-state index contributed by atoms with van der Waals surface area (Å²) in [6.45, 7) is 9.29. The zero-order chi connectivity index (χ0) is 34.0. The van der Waals surface area contributed by atoms with Crippen molar-refractivity contribution in [3.63, 3.8) is 0 Å². The highest BCUT2D eigenvalue weighted by molar-refractivity contribution is 6.39. The van der Waals surface area contributed by atoms with Crippen molar-refractivity contribution in [2.75, 3.05) is 14.2 Å². The van der Waals surface area contributed by atoms with Crippen molar-refractivity contribution < 1.29 is 24.1 Å². The van der Waals surface area contributed by atoms with Gasteiger partial charge in [-0.15, -0.1) is 5.10 Å². The monoisotopic (exact) mass is 678 g/mol. The van der Waals surface area contributed by atoms with E-state index in [0.29, 0.717) is 61.0 Å². The molecule has 0 saturated heterocycles. The molecule has 1 N–H and O–H groups in total. The maximum Gasteiger partial charge on any atom is 0.410 e. The molecule has 0 saturated carbocycles. The quantitative estimate of drug-likeness (QED) is 0.169. The first-order valence-corrected chi connectivity index (χ1v) is 15.6. The Labute approximate surface area is 283 Å². The van der Waals surface area contributed by atoms with Crippen LogP contribution in [-0.2, 0) is 17.9 Å². The zero-order valence-electron chi connectivity index (χ0n) is 27.2. The summed E-state index contributed by atoms with van der Waals surface area (Å²) in [7, 11) is 3.06. The largest absolute Gasteiger partial charge is 0.493 e. The maximum atomic E-state index is 12.9. The lowest BCUT2D eigenvalue weighted by Crippen LogP contribution is -2.40. The van der Waals surface area contributed by atoms with Crippen LogP contribution in [0.2, 0.25) is 10.0 Å². The fraction of sp³-hybridized carbons (Fsp3) is 0.324. The topological polar surface area (TPSA) is 124 Å². The molecule has 1 amide bonds. The van der Waals surface area contributed by atoms with Crippen molar-refractivity contribution in [3.8, 4) is 45.3 Å². The number of hydrogen-bond acceptors (Lipinski definition) is 9. The number of rotatable bonds is 9. The summed E-state index contributed by atoms with van der Waals surface area (Å²) in [5, 5.41) is 14.6. The standard InChI is InChI=1S/C34H36Cl2N6O5/c1-19(2)41(33(44)47-34(3,4)5)16-20-11-12-25(38-32(20)46-7)24-10-8-9-22(28(24)35)23-13-14-37-30(29(23)36)21-15-26(45-6)31-39-27(18-43)40-42(31)17-21/h8-15,17,19,43H,16,18H2,1-7H3. The van der Waals surface area contributed by atoms with E-state index in [1.165, 1.54) is 18.7 Å². The number of ether oxygens (including phenoxy) is 3. The van der Waals surface area contributed by atoms with Crippen LogP contribution >= 0.6 is 23.2 Å². The van der Waals surface area contributed by atoms with Gasteiger partial charge >= 0.3 is 6.09 Å². The molecule has 0 unspecified atom stereocenters. The molecule has 0 aliphatic carbocycles. The summed E-state index contributed by atoms with van der Waals surface area (Å²) in [4.78, 5) is 28.2. The summed E-state index contributed by atoms with van der Waals surface area (Å²) in [6, 6.07) is 12.8. The Morgan fingerprint density at radius 3 is 2.38 bits per heavy atom. The Balaban J connectivity index is 1.51. The van der Waals surface area contributed by atoms with Gasteiger partial charge in [0.05, 0.1) is 42.2 Å². The van der Waals surface area contributed by atoms with Gasteiger partial charge in [0.2, 0.25) is 5.88 Å². The van der Waals surface area contributed by atoms with E-state index >= 15 is 0 Å². The molecule has 0 spiro atoms. The molecule has 0 bridgehead atoms. The Hall–Kier alpha value is -4.45. The normalized spacial score (nSPS) is 11.6. The minimum absolute atomic E-state index is 0.118. The fourth-order valence-electron chi connectivity index (χ4n) is 5.02. The molecule has 13 heteroatoms. The minimum Gasteiger partial charge on any atom is -0.493 e. The molecule has 1 aromatic carbocycles. The predicted octanol–water partition coefficient (Wildman–Crippen LogP) is 7.48. The van der Waals surface area contributed by atoms with Crippen LogP contribution in [0.1, 0.15) is 46.0 Å². The number of carbonyl (C=O) groups excluding carboxylic acids is 1. The third kappa shape index (κ3) is 7.12. The van der Waals surface area contributed by atoms with Crippen LogP contribution in [0.3, 0.4) is 0 Å². The molecule has 0 radical (unpaired) electrons. The fourth-order valence-corrected chi connectivity index (χ4v) is 5.66. The number of aromatic nitrogens is 5. The molecule has 4 heterocycles. The van der Waals surface area contributed by atoms with Crippen LogP contribution in [0.15, 0.2) is 54.9 Å². The van der Waals surface area contributed by atoms with Crippen LogP contribution in [-0.4, -0.2) is 66.5 Å². The number of hydrogen-bond donors (Lipinski definition) is 1. The van der Waals surface area contributed by atoms with E-state index in [-0.39, 0.29) is 25.0 Å². The second kappa shape index (κ2) is 13.7. The third-order valence-corrected chi connectivity index (χ3v) is 8.05. The minimum atomic E-state index is -0.626. The smallest absolute Gasteiger partial charge is 0.410 e. The van der Waals surface area contributed by atoms with E-state index in [9.17, 15) is 9.90 Å². The highest BCUT2D eigenvalue weighted by Crippen LogP contribution is 2.42. The van der Waals surface area contributed by atoms with Gasteiger partial charge in [-0.25, -0.2) is 19.3 Å². The van der Waals surface area contributed by atoms with Crippen LogP contribution < -0.4 is 9.47 Å². The van der Waals surface area contributed by atoms with E-state index in [2.05, 4.69) is 15.1 Å². The number of halogens is 2. The molecule has 5 aromatic rings. The summed E-state index contributed by atoms with van der Waals surface area (Å²) in [5.74, 6) is 1.07. The van der Waals surface area contributed by atoms with Crippen molar-refractivity contribution in [3.05, 3.63) is 76.3 Å². The van der Waals surface area contributed by atoms with Gasteiger partial charge in [0, 0.05) is 46.3 Å². The number of pyridine rings is 3. The second-order valence-electron chi connectivity index (χ2n) is 12.0. The van der Waals surface area contributed by atoms with Gasteiger partial charge in [-0.05, 0) is 58.9 Å². The van der Waals surface area contributed by atoms with Gasteiger partial charge in [0.15, 0.2) is 17.2 Å². The first-order valence-electron chi connectivity index (χ1n) is 14.9. The Kier molecular flexibility index (Phi) is 9.90. The van der Waals surface area contributed by atoms with Gasteiger partial charge in [-0.2, -0.15) is 0 Å². The number of fused-ring (bicyclic) bond motifs is 1. The molecule has 11 nitrogen and oxygen atoms in total. The van der Waals surface area contributed by atoms with Crippen LogP contribution in [0, 0.1) is 0 Å². The average molecular weight is 680 g/mol. The van der Waals surface area contributed by atoms with Crippen molar-refractivity contribution >= 4 is 34.9 Å². The van der Waals surface area contributed by atoms with E-state index in [1.807, 2.05) is 65.0 Å². The maximum absolute atomic E-state index is 12.9. The molecule has 246 valence electrons. The molecule has 0 atom stereocenters. The number of methoxy groups -OCH3 is 2. The number of aliphatic hydroxyl groups excluding tert-OH is 1. The van der Waals surface area contributed by atoms with Crippen LogP contribution in [0.4, 0.5) is 4.79 Å². The lowest BCUT2D eigenvalue weighted by molar-refractivity contribution is 0.0170. The highest BCUT2D eigenvalue weighted by Gasteiger charge is 2.26. The van der Waals surface area contributed by atoms with E-state index in [4.69, 9.17) is 42.4 Å². The summed E-state index contributed by atoms with van der Waals surface area (Å²) >= 11 is 14.1.